The molecule has 2 aromatic carbocycles. The van der Waals surface area contributed by atoms with Crippen molar-refractivity contribution in [1.29, 1.82) is 0 Å². The Balaban J connectivity index is 1.13. The van der Waals surface area contributed by atoms with Gasteiger partial charge in [-0.05, 0) is 36.3 Å². The predicted molar refractivity (Wildman–Crippen MR) is 128 cm³/mol. The quantitative estimate of drug-likeness (QED) is 0.686. The minimum absolute atomic E-state index is 0.315. The highest BCUT2D eigenvalue weighted by atomic mass is 16.2. The molecule has 0 aromatic heterocycles. The summed E-state index contributed by atoms with van der Waals surface area (Å²) in [6, 6.07) is 21.2. The molecule has 4 rings (SSSR count). The Hall–Kier alpha value is -2.43. The average Bonchev–Trinajstić information content (AvgIpc) is 2.82. The number of carbonyl (C=O) groups excluding carboxylic acids is 1. The fraction of sp³-hybridized carbons (Fsp3) is 0.444. The van der Waals surface area contributed by atoms with Gasteiger partial charge in [-0.15, -0.1) is 0 Å². The topological polar surface area (TPSA) is 26.8 Å². The van der Waals surface area contributed by atoms with Gasteiger partial charge in [-0.2, -0.15) is 0 Å². The predicted octanol–water partition coefficient (Wildman–Crippen LogP) is 3.80. The third-order valence-corrected chi connectivity index (χ3v) is 6.63. The highest BCUT2D eigenvalue weighted by Crippen LogP contribution is 2.22. The van der Waals surface area contributed by atoms with Crippen LogP contribution in [0.4, 0.5) is 0 Å². The third kappa shape index (κ3) is 6.78. The molecule has 0 radical (unpaired) electrons. The minimum Gasteiger partial charge on any atom is -0.342 e. The largest absolute Gasteiger partial charge is 0.342 e. The van der Waals surface area contributed by atoms with E-state index in [0.717, 1.165) is 65.1 Å². The van der Waals surface area contributed by atoms with Crippen molar-refractivity contribution in [1.82, 2.24) is 14.7 Å². The molecule has 0 atom stereocenters. The van der Waals surface area contributed by atoms with Gasteiger partial charge in [-0.1, -0.05) is 72.8 Å². The van der Waals surface area contributed by atoms with E-state index in [9.17, 15) is 4.79 Å². The van der Waals surface area contributed by atoms with E-state index in [0.29, 0.717) is 18.4 Å². The van der Waals surface area contributed by atoms with Crippen molar-refractivity contribution in [3.8, 4) is 0 Å². The first-order valence-electron chi connectivity index (χ1n) is 11.7. The Labute approximate surface area is 187 Å². The number of rotatable bonds is 7. The Morgan fingerprint density at radius 2 is 1.42 bits per heavy atom. The summed E-state index contributed by atoms with van der Waals surface area (Å²) in [6.07, 6.45) is 7.83. The van der Waals surface area contributed by atoms with Gasteiger partial charge in [0.25, 0.3) is 0 Å². The summed E-state index contributed by atoms with van der Waals surface area (Å²) in [6.45, 7) is 7.42. The van der Waals surface area contributed by atoms with Crippen LogP contribution in [-0.4, -0.2) is 73.0 Å². The standard InChI is InChI=1S/C27H35N3O/c31-27(30-16-13-26(14-17-30)22-25-10-5-2-6-11-25)23-29-20-18-28(19-21-29)15-7-12-24-8-3-1-4-9-24/h1-12,26H,13-23H2/b12-7+. The van der Waals surface area contributed by atoms with Gasteiger partial charge in [0.15, 0.2) is 0 Å². The first kappa shape index (κ1) is 21.8. The first-order chi connectivity index (χ1) is 15.3. The van der Waals surface area contributed by atoms with Crippen molar-refractivity contribution < 1.29 is 4.79 Å². The summed E-state index contributed by atoms with van der Waals surface area (Å²) in [7, 11) is 0. The normalized spacial score (nSPS) is 19.2. The highest BCUT2D eigenvalue weighted by Gasteiger charge is 2.25. The Morgan fingerprint density at radius 1 is 0.806 bits per heavy atom. The molecule has 0 saturated carbocycles. The van der Waals surface area contributed by atoms with Gasteiger partial charge in [0, 0.05) is 45.8 Å². The van der Waals surface area contributed by atoms with Gasteiger partial charge in [0.05, 0.1) is 6.54 Å². The molecule has 2 saturated heterocycles. The molecule has 2 fully saturated rings. The molecular formula is C27H35N3O. The fourth-order valence-corrected chi connectivity index (χ4v) is 4.66. The van der Waals surface area contributed by atoms with Crippen LogP contribution < -0.4 is 0 Å². The molecule has 31 heavy (non-hydrogen) atoms. The molecule has 4 heteroatoms. The molecule has 2 aromatic rings. The summed E-state index contributed by atoms with van der Waals surface area (Å²) >= 11 is 0. The third-order valence-electron chi connectivity index (χ3n) is 6.63. The summed E-state index contributed by atoms with van der Waals surface area (Å²) in [4.78, 5) is 19.7. The number of piperidine rings is 1. The number of nitrogens with zero attached hydrogens (tertiary/aromatic N) is 3. The first-order valence-corrected chi connectivity index (χ1v) is 11.7. The molecule has 0 bridgehead atoms. The zero-order valence-corrected chi connectivity index (χ0v) is 18.5. The van der Waals surface area contributed by atoms with Crippen LogP contribution in [0.5, 0.6) is 0 Å². The summed E-state index contributed by atoms with van der Waals surface area (Å²) in [5.74, 6) is 1.02. The van der Waals surface area contributed by atoms with E-state index in [1.807, 2.05) is 6.07 Å². The maximum Gasteiger partial charge on any atom is 0.236 e. The zero-order chi connectivity index (χ0) is 21.3. The zero-order valence-electron chi connectivity index (χ0n) is 18.5. The molecule has 164 valence electrons. The average molecular weight is 418 g/mol. The lowest BCUT2D eigenvalue weighted by Gasteiger charge is -2.36. The van der Waals surface area contributed by atoms with Crippen molar-refractivity contribution in [2.24, 2.45) is 5.92 Å². The molecule has 1 amide bonds. The van der Waals surface area contributed by atoms with Gasteiger partial charge in [-0.25, -0.2) is 0 Å². The van der Waals surface area contributed by atoms with E-state index >= 15 is 0 Å². The summed E-state index contributed by atoms with van der Waals surface area (Å²) in [5, 5.41) is 0. The number of benzene rings is 2. The van der Waals surface area contributed by atoms with Crippen molar-refractivity contribution in [2.75, 3.05) is 52.4 Å². The van der Waals surface area contributed by atoms with Crippen LogP contribution in [0.3, 0.4) is 0 Å². The molecule has 0 aliphatic carbocycles. The summed E-state index contributed by atoms with van der Waals surface area (Å²) in [5.41, 5.74) is 2.67. The van der Waals surface area contributed by atoms with Crippen LogP contribution in [0.2, 0.25) is 0 Å². The smallest absolute Gasteiger partial charge is 0.236 e. The van der Waals surface area contributed by atoms with E-state index in [1.54, 1.807) is 0 Å². The van der Waals surface area contributed by atoms with E-state index < -0.39 is 0 Å². The van der Waals surface area contributed by atoms with Crippen molar-refractivity contribution >= 4 is 12.0 Å². The number of hydrogen-bond acceptors (Lipinski definition) is 3. The second-order valence-corrected chi connectivity index (χ2v) is 8.90. The van der Waals surface area contributed by atoms with Gasteiger partial charge in [-0.3, -0.25) is 14.6 Å². The maximum absolute atomic E-state index is 12.8. The number of amides is 1. The van der Waals surface area contributed by atoms with Gasteiger partial charge in [0.1, 0.15) is 0 Å². The lowest BCUT2D eigenvalue weighted by atomic mass is 9.90. The van der Waals surface area contributed by atoms with Crippen molar-refractivity contribution in [3.63, 3.8) is 0 Å². The molecule has 0 spiro atoms. The van der Waals surface area contributed by atoms with Crippen molar-refractivity contribution in [2.45, 2.75) is 19.3 Å². The number of carbonyl (C=O) groups is 1. The van der Waals surface area contributed by atoms with E-state index in [2.05, 4.69) is 81.4 Å². The van der Waals surface area contributed by atoms with Gasteiger partial charge in [0.2, 0.25) is 5.91 Å². The van der Waals surface area contributed by atoms with Crippen LogP contribution in [0.25, 0.3) is 6.08 Å². The highest BCUT2D eigenvalue weighted by molar-refractivity contribution is 5.78. The minimum atomic E-state index is 0.315. The Kier molecular flexibility index (Phi) is 7.92. The van der Waals surface area contributed by atoms with Crippen LogP contribution in [-0.2, 0) is 11.2 Å². The van der Waals surface area contributed by atoms with Crippen molar-refractivity contribution in [3.05, 3.63) is 77.9 Å². The van der Waals surface area contributed by atoms with E-state index in [1.165, 1.54) is 11.1 Å². The number of hydrogen-bond donors (Lipinski definition) is 0. The molecule has 0 unspecified atom stereocenters. The monoisotopic (exact) mass is 417 g/mol. The lowest BCUT2D eigenvalue weighted by Crippen LogP contribution is -2.51. The van der Waals surface area contributed by atoms with E-state index in [-0.39, 0.29) is 0 Å². The van der Waals surface area contributed by atoms with Crippen LogP contribution in [0.1, 0.15) is 24.0 Å². The van der Waals surface area contributed by atoms with Crippen LogP contribution in [0.15, 0.2) is 66.7 Å². The van der Waals surface area contributed by atoms with Gasteiger partial charge >= 0.3 is 0 Å². The fourth-order valence-electron chi connectivity index (χ4n) is 4.66. The molecule has 2 aliphatic heterocycles. The number of piperazine rings is 1. The number of likely N-dealkylation sites (tertiary alicyclic amines) is 1. The SMILES string of the molecule is O=C(CN1CCN(C/C=C/c2ccccc2)CC1)N1CCC(Cc2ccccc2)CC1. The Bertz CT molecular complexity index is 820. The summed E-state index contributed by atoms with van der Waals surface area (Å²) < 4.78 is 0. The second-order valence-electron chi connectivity index (χ2n) is 8.90. The lowest BCUT2D eigenvalue weighted by molar-refractivity contribution is -0.134. The van der Waals surface area contributed by atoms with Crippen LogP contribution in [0, 0.1) is 5.92 Å². The van der Waals surface area contributed by atoms with Crippen LogP contribution >= 0.6 is 0 Å². The molecule has 4 nitrogen and oxygen atoms in total. The Morgan fingerprint density at radius 3 is 2.10 bits per heavy atom. The molecule has 2 heterocycles. The molecule has 0 N–H and O–H groups in total. The maximum atomic E-state index is 12.8. The molecule has 2 aliphatic rings. The molecular weight excluding hydrogens is 382 g/mol. The van der Waals surface area contributed by atoms with E-state index in [4.69, 9.17) is 0 Å². The second kappa shape index (κ2) is 11.3. The van der Waals surface area contributed by atoms with Gasteiger partial charge < -0.3 is 4.90 Å².